The molecule has 2 aromatic carbocycles. The minimum absolute atomic E-state index is 0.326. The highest BCUT2D eigenvalue weighted by Gasteiger charge is 2.69. The molecule has 6 rings (SSSR count). The first-order valence-corrected chi connectivity index (χ1v) is 33.2. The number of aromatic amines is 1. The van der Waals surface area contributed by atoms with Gasteiger partial charge in [0.25, 0.3) is 0 Å². The summed E-state index contributed by atoms with van der Waals surface area (Å²) in [6.07, 6.45) is 2.82. The van der Waals surface area contributed by atoms with Gasteiger partial charge in [-0.2, -0.15) is 5.10 Å². The molecule has 2 N–H and O–H groups in total. The Kier molecular flexibility index (Phi) is 25.9. The Balaban J connectivity index is 0.000000289. The van der Waals surface area contributed by atoms with Crippen LogP contribution in [0.1, 0.15) is 133 Å². The van der Waals surface area contributed by atoms with Crippen molar-refractivity contribution in [2.75, 3.05) is 0 Å². The molecule has 5 aromatic rings. The number of hydrogen-bond acceptors (Lipinski definition) is 18. The zero-order valence-electron chi connectivity index (χ0n) is 48.4. The van der Waals surface area contributed by atoms with Gasteiger partial charge in [0, 0.05) is 59.3 Å². The van der Waals surface area contributed by atoms with Crippen LogP contribution in [-0.4, -0.2) is 98.2 Å². The molecule has 3 aromatic heterocycles. The van der Waals surface area contributed by atoms with Gasteiger partial charge in [0.2, 0.25) is 0 Å². The number of alkyl halides is 2. The summed E-state index contributed by atoms with van der Waals surface area (Å²) in [5.74, 6) is 0.589. The van der Waals surface area contributed by atoms with Gasteiger partial charge in [0.1, 0.15) is 5.75 Å². The molecule has 0 amide bonds. The summed E-state index contributed by atoms with van der Waals surface area (Å²) in [6.45, 7) is 26.2. The van der Waals surface area contributed by atoms with Gasteiger partial charge in [-0.3, -0.25) is 38.3 Å². The van der Waals surface area contributed by atoms with E-state index in [4.69, 9.17) is 45.9 Å². The third-order valence-electron chi connectivity index (χ3n) is 10.5. The number of nitrogens with one attached hydrogen (secondary N) is 1. The maximum Gasteiger partial charge on any atom is 0.569 e. The molecular weight excluding hydrogens is 1180 g/mol. The van der Waals surface area contributed by atoms with Gasteiger partial charge >= 0.3 is 48.4 Å². The largest absolute Gasteiger partial charge is 0.569 e. The van der Waals surface area contributed by atoms with Crippen molar-refractivity contribution in [3.8, 4) is 16.9 Å². The molecule has 0 saturated carbocycles. The van der Waals surface area contributed by atoms with Crippen molar-refractivity contribution < 1.29 is 72.9 Å². The molecule has 0 saturated heterocycles. The van der Waals surface area contributed by atoms with E-state index in [2.05, 4.69) is 41.1 Å². The van der Waals surface area contributed by atoms with Crippen LogP contribution in [0.4, 0.5) is 8.78 Å². The maximum atomic E-state index is 17.7. The van der Waals surface area contributed by atoms with Gasteiger partial charge in [0.05, 0.1) is 67.1 Å². The van der Waals surface area contributed by atoms with Crippen molar-refractivity contribution in [3.63, 3.8) is 0 Å². The number of halogens is 3. The SMILES string of the molecule is CC(C)OP(=O)(OC(C)C)C(F)(Cc1cncc(-c2ccc3c(c2)C=NC3)c1)P(=O)(OC(C)C)OC(C)C.CC(C)OP(=O)(OC(C)C)C(F)(Cc1cncc(Br)c1)P(=O)(OC(C)C)OC(C)C.O[B]Oc1ccc2[nH]ncc2c1. The fraction of sp³-hybridized carbons (Fsp3) is 0.547. The first kappa shape index (κ1) is 69.1. The maximum absolute atomic E-state index is 17.7. The molecule has 80 heavy (non-hydrogen) atoms. The van der Waals surface area contributed by atoms with Gasteiger partial charge in [-0.05, 0) is 191 Å². The molecule has 443 valence electrons. The van der Waals surface area contributed by atoms with Crippen LogP contribution in [0.15, 0.2) is 89.0 Å². The number of aliphatic imine (C=N–C) groups is 1. The number of benzene rings is 2. The minimum atomic E-state index is -4.78. The van der Waals surface area contributed by atoms with Crippen molar-refractivity contribution in [1.82, 2.24) is 20.2 Å². The number of fused-ring (bicyclic) bond motifs is 2. The monoisotopic (exact) mass is 1260 g/mol. The predicted octanol–water partition coefficient (Wildman–Crippen LogP) is 15.5. The topological polar surface area (TPSA) is 238 Å². The van der Waals surface area contributed by atoms with Gasteiger partial charge < -0.3 is 45.9 Å². The van der Waals surface area contributed by atoms with E-state index < -0.39 is 102 Å². The Morgan fingerprint density at radius 3 is 1.40 bits per heavy atom. The van der Waals surface area contributed by atoms with Crippen molar-refractivity contribution in [1.29, 1.82) is 0 Å². The average molecular weight is 1260 g/mol. The van der Waals surface area contributed by atoms with E-state index in [1.807, 2.05) is 30.5 Å². The smallest absolute Gasteiger partial charge is 0.537 e. The number of hydrogen-bond donors (Lipinski definition) is 2. The lowest BCUT2D eigenvalue weighted by Crippen LogP contribution is -2.34. The summed E-state index contributed by atoms with van der Waals surface area (Å²) in [5, 5.41) is 9.72. The summed E-state index contributed by atoms with van der Waals surface area (Å²) in [5.41, 5.74) is 5.30. The van der Waals surface area contributed by atoms with Crippen LogP contribution in [0, 0.1) is 0 Å². The van der Waals surface area contributed by atoms with Crippen LogP contribution in [0.25, 0.3) is 22.0 Å². The van der Waals surface area contributed by atoms with E-state index >= 15 is 8.78 Å². The van der Waals surface area contributed by atoms with E-state index in [9.17, 15) is 18.3 Å². The standard InChI is InChI=1S/C27H39FN2O6P2.C19H33BrFNO6P2.C7H6BN2O2/c1-18(2)33-37(31,34-19(3)4)27(28,38(32,35-20(5)6)36-21(7)8)13-22-11-25(16-29-14-22)23-9-10-24-15-30-17-26(24)12-23;1-13(2)25-29(23,26-14(3)4)19(21,10-17-9-18(20)12-22-11-17)30(24,27-15(5)6)28-16(7)8;11-8-12-6-1-2-7-5(3-6)4-9-10-7/h9-12,14,16-21H,13,15H2,1-8H3;9,11-16H,10H2,1-8H3;1-4,11H,(H,9,10). The number of rotatable bonds is 27. The lowest BCUT2D eigenvalue weighted by Gasteiger charge is -2.39. The second-order valence-electron chi connectivity index (χ2n) is 20.8. The third-order valence-corrected chi connectivity index (χ3v) is 23.4. The molecule has 0 spiro atoms. The highest BCUT2D eigenvalue weighted by molar-refractivity contribution is 9.10. The molecular formula is C53H78BBrF2N5O14P4. The number of aromatic nitrogens is 4. The molecule has 0 unspecified atom stereocenters. The fourth-order valence-corrected chi connectivity index (χ4v) is 19.2. The summed E-state index contributed by atoms with van der Waals surface area (Å²) >= 11 is 3.28. The normalized spacial score (nSPS) is 13.5. The summed E-state index contributed by atoms with van der Waals surface area (Å²) < 4.78 is 141. The third kappa shape index (κ3) is 18.6. The summed E-state index contributed by atoms with van der Waals surface area (Å²) in [7, 11) is -18.3. The van der Waals surface area contributed by atoms with Crippen LogP contribution in [0.3, 0.4) is 0 Å². The zero-order chi connectivity index (χ0) is 60.0. The van der Waals surface area contributed by atoms with Crippen molar-refractivity contribution in [3.05, 3.63) is 106 Å². The Morgan fingerprint density at radius 2 is 0.988 bits per heavy atom. The van der Waals surface area contributed by atoms with Gasteiger partial charge in [-0.15, -0.1) is 0 Å². The van der Waals surface area contributed by atoms with E-state index in [1.54, 1.807) is 147 Å². The number of H-pyrrole nitrogens is 1. The van der Waals surface area contributed by atoms with Crippen LogP contribution in [-0.2, 0) is 73.8 Å². The van der Waals surface area contributed by atoms with Crippen LogP contribution >= 0.6 is 46.3 Å². The van der Waals surface area contributed by atoms with Crippen molar-refractivity contribution in [2.45, 2.75) is 189 Å². The highest BCUT2D eigenvalue weighted by atomic mass is 79.9. The quantitative estimate of drug-likeness (QED) is 0.0367. The number of pyridine rings is 2. The van der Waals surface area contributed by atoms with Crippen LogP contribution in [0.5, 0.6) is 5.75 Å². The van der Waals surface area contributed by atoms with E-state index in [-0.39, 0.29) is 0 Å². The Morgan fingerprint density at radius 1 is 0.562 bits per heavy atom. The Bertz CT molecular complexity index is 2890. The molecule has 4 heterocycles. The first-order chi connectivity index (χ1) is 37.2. The lowest BCUT2D eigenvalue weighted by molar-refractivity contribution is 0.0791. The van der Waals surface area contributed by atoms with Gasteiger partial charge in [0.15, 0.2) is 0 Å². The summed E-state index contributed by atoms with van der Waals surface area (Å²) in [6, 6.07) is 14.6. The zero-order valence-corrected chi connectivity index (χ0v) is 53.5. The molecule has 1 radical (unpaired) electrons. The van der Waals surface area contributed by atoms with Crippen LogP contribution in [0.2, 0.25) is 0 Å². The summed E-state index contributed by atoms with van der Waals surface area (Å²) in [4.78, 5) is 12.6. The van der Waals surface area contributed by atoms with Crippen molar-refractivity contribution in [2.24, 2.45) is 4.99 Å². The van der Waals surface area contributed by atoms with Crippen molar-refractivity contribution >= 4 is 71.1 Å². The fourth-order valence-electron chi connectivity index (χ4n) is 7.80. The average Bonchev–Trinajstić information content (AvgIpc) is 3.99. The first-order valence-electron chi connectivity index (χ1n) is 26.2. The minimum Gasteiger partial charge on any atom is -0.537 e. The van der Waals surface area contributed by atoms with Crippen LogP contribution < -0.4 is 4.65 Å². The van der Waals surface area contributed by atoms with E-state index in [0.717, 1.165) is 27.6 Å². The lowest BCUT2D eigenvalue weighted by atomic mass is 10.0. The second-order valence-corrected chi connectivity index (χ2v) is 31.0. The molecule has 1 aliphatic rings. The predicted molar refractivity (Wildman–Crippen MR) is 313 cm³/mol. The molecule has 0 atom stereocenters. The Hall–Kier alpha value is -3.36. The molecule has 19 nitrogen and oxygen atoms in total. The van der Waals surface area contributed by atoms with E-state index in [0.29, 0.717) is 41.1 Å². The van der Waals surface area contributed by atoms with E-state index in [1.165, 1.54) is 18.6 Å². The molecule has 0 bridgehead atoms. The molecule has 27 heteroatoms. The van der Waals surface area contributed by atoms with Gasteiger partial charge in [-0.1, -0.05) is 12.1 Å². The Labute approximate surface area is 479 Å². The molecule has 0 fully saturated rings. The second kappa shape index (κ2) is 29.9. The number of nitrogens with zero attached hydrogens (tertiary/aromatic N) is 4. The highest BCUT2D eigenvalue weighted by Crippen LogP contribution is 2.82. The molecule has 0 aliphatic carbocycles. The van der Waals surface area contributed by atoms with Gasteiger partial charge in [-0.25, -0.2) is 8.78 Å². The molecule has 1 aliphatic heterocycles.